The van der Waals surface area contributed by atoms with Crippen molar-refractivity contribution in [1.82, 2.24) is 15.1 Å². The molecule has 45 heavy (non-hydrogen) atoms. The number of carbonyl (C=O) groups is 3. The van der Waals surface area contributed by atoms with Crippen molar-refractivity contribution in [1.29, 1.82) is 0 Å². The molecule has 0 radical (unpaired) electrons. The largest absolute Gasteiger partial charge is 0.354 e. The van der Waals surface area contributed by atoms with Gasteiger partial charge in [0.25, 0.3) is 0 Å². The van der Waals surface area contributed by atoms with Crippen molar-refractivity contribution in [3.05, 3.63) is 108 Å². The molecular formula is C37H49N5O3. The molecule has 0 saturated heterocycles. The first-order chi connectivity index (χ1) is 21.5. The molecule has 3 rings (SSSR count). The number of likely N-dealkylation sites (N-methyl/N-ethyl adjacent to an activating group) is 2. The second kappa shape index (κ2) is 17.3. The number of rotatable bonds is 16. The highest BCUT2D eigenvalue weighted by atomic mass is 16.2. The van der Waals surface area contributed by atoms with Crippen LogP contribution in [0.15, 0.2) is 97.1 Å². The first-order valence-electron chi connectivity index (χ1n) is 15.6. The fourth-order valence-electron chi connectivity index (χ4n) is 5.04. The Morgan fingerprint density at radius 2 is 1.33 bits per heavy atom. The molecule has 8 nitrogen and oxygen atoms in total. The molecular weight excluding hydrogens is 562 g/mol. The Kier molecular flexibility index (Phi) is 13.5. The van der Waals surface area contributed by atoms with Gasteiger partial charge >= 0.3 is 0 Å². The van der Waals surface area contributed by atoms with E-state index in [1.54, 1.807) is 20.2 Å². The van der Waals surface area contributed by atoms with E-state index in [0.717, 1.165) is 35.1 Å². The molecule has 8 heteroatoms. The van der Waals surface area contributed by atoms with Crippen LogP contribution >= 0.6 is 0 Å². The lowest BCUT2D eigenvalue weighted by atomic mass is 9.98. The van der Waals surface area contributed by atoms with Gasteiger partial charge in [-0.3, -0.25) is 14.4 Å². The minimum absolute atomic E-state index is 0.239. The minimum Gasteiger partial charge on any atom is -0.354 e. The number of amides is 3. The van der Waals surface area contributed by atoms with E-state index in [-0.39, 0.29) is 24.1 Å². The van der Waals surface area contributed by atoms with Gasteiger partial charge in [-0.25, -0.2) is 0 Å². The molecule has 2 atom stereocenters. The molecule has 0 aliphatic heterocycles. The SMILES string of the molecule is CN(C(=O)/C=C\CC(C)(C)N)[C@@H](Cc1ccc(-c2ccccc2)cc1)C(=O)N(C)[C@@H](Cc1ccccc1)C(=O)NCCCCN. The Balaban J connectivity index is 1.90. The molecule has 0 fully saturated rings. The first kappa shape index (κ1) is 35.2. The van der Waals surface area contributed by atoms with E-state index in [1.807, 2.05) is 98.8 Å². The smallest absolute Gasteiger partial charge is 0.246 e. The number of nitrogens with one attached hydrogen (secondary N) is 1. The first-order valence-corrected chi connectivity index (χ1v) is 15.6. The van der Waals surface area contributed by atoms with Crippen molar-refractivity contribution in [3.63, 3.8) is 0 Å². The van der Waals surface area contributed by atoms with Gasteiger partial charge in [-0.2, -0.15) is 0 Å². The number of carbonyl (C=O) groups excluding carboxylic acids is 3. The Morgan fingerprint density at radius 1 is 0.778 bits per heavy atom. The van der Waals surface area contributed by atoms with Crippen LogP contribution in [0.25, 0.3) is 11.1 Å². The van der Waals surface area contributed by atoms with Gasteiger partial charge in [-0.1, -0.05) is 91.0 Å². The van der Waals surface area contributed by atoms with Crippen molar-refractivity contribution in [3.8, 4) is 11.1 Å². The van der Waals surface area contributed by atoms with E-state index in [0.29, 0.717) is 25.9 Å². The molecule has 0 spiro atoms. The molecule has 0 aliphatic rings. The van der Waals surface area contributed by atoms with Crippen LogP contribution in [0.5, 0.6) is 0 Å². The van der Waals surface area contributed by atoms with Gasteiger partial charge in [-0.05, 0) is 68.0 Å². The van der Waals surface area contributed by atoms with Crippen LogP contribution in [0.3, 0.4) is 0 Å². The summed E-state index contributed by atoms with van der Waals surface area (Å²) in [5, 5.41) is 2.99. The third kappa shape index (κ3) is 11.3. The monoisotopic (exact) mass is 611 g/mol. The van der Waals surface area contributed by atoms with E-state index in [4.69, 9.17) is 11.5 Å². The highest BCUT2D eigenvalue weighted by Gasteiger charge is 2.34. The topological polar surface area (TPSA) is 122 Å². The average molecular weight is 612 g/mol. The summed E-state index contributed by atoms with van der Waals surface area (Å²) < 4.78 is 0. The quantitative estimate of drug-likeness (QED) is 0.164. The fraction of sp³-hybridized carbons (Fsp3) is 0.378. The van der Waals surface area contributed by atoms with Crippen molar-refractivity contribution in [2.75, 3.05) is 27.2 Å². The summed E-state index contributed by atoms with van der Waals surface area (Å²) in [5.41, 5.74) is 15.2. The predicted octanol–water partition coefficient (Wildman–Crippen LogP) is 4.33. The van der Waals surface area contributed by atoms with Crippen LogP contribution in [0.1, 0.15) is 44.2 Å². The molecule has 0 heterocycles. The number of nitrogens with two attached hydrogens (primary N) is 2. The molecule has 3 aromatic rings. The number of hydrogen-bond donors (Lipinski definition) is 3. The summed E-state index contributed by atoms with van der Waals surface area (Å²) in [6.07, 6.45) is 5.90. The average Bonchev–Trinajstić information content (AvgIpc) is 3.04. The van der Waals surface area contributed by atoms with Crippen LogP contribution in [-0.4, -0.2) is 72.3 Å². The van der Waals surface area contributed by atoms with E-state index < -0.39 is 17.6 Å². The maximum Gasteiger partial charge on any atom is 0.246 e. The van der Waals surface area contributed by atoms with Gasteiger partial charge < -0.3 is 26.6 Å². The molecule has 3 amide bonds. The highest BCUT2D eigenvalue weighted by molar-refractivity contribution is 5.95. The summed E-state index contributed by atoms with van der Waals surface area (Å²) in [7, 11) is 3.28. The molecule has 3 aromatic carbocycles. The second-order valence-electron chi connectivity index (χ2n) is 12.3. The van der Waals surface area contributed by atoms with Gasteiger partial charge in [0.2, 0.25) is 17.7 Å². The van der Waals surface area contributed by atoms with Crippen LogP contribution in [0.4, 0.5) is 0 Å². The number of unbranched alkanes of at least 4 members (excludes halogenated alkanes) is 1. The summed E-state index contributed by atoms with van der Waals surface area (Å²) >= 11 is 0. The van der Waals surface area contributed by atoms with Gasteiger partial charge in [0, 0.05) is 39.0 Å². The molecule has 240 valence electrons. The molecule has 0 aliphatic carbocycles. The van der Waals surface area contributed by atoms with Crippen molar-refractivity contribution in [2.24, 2.45) is 11.5 Å². The summed E-state index contributed by atoms with van der Waals surface area (Å²) in [6.45, 7) is 4.80. The van der Waals surface area contributed by atoms with Crippen LogP contribution in [-0.2, 0) is 27.2 Å². The molecule has 0 unspecified atom stereocenters. The zero-order chi connectivity index (χ0) is 32.8. The molecule has 5 N–H and O–H groups in total. The molecule has 0 aromatic heterocycles. The maximum absolute atomic E-state index is 14.3. The Labute approximate surface area is 268 Å². The minimum atomic E-state index is -0.844. The van der Waals surface area contributed by atoms with Crippen molar-refractivity contribution >= 4 is 17.7 Å². The third-order valence-corrected chi connectivity index (χ3v) is 7.81. The van der Waals surface area contributed by atoms with Crippen LogP contribution in [0, 0.1) is 0 Å². The number of nitrogens with zero attached hydrogens (tertiary/aromatic N) is 2. The number of hydrogen-bond acceptors (Lipinski definition) is 5. The third-order valence-electron chi connectivity index (χ3n) is 7.81. The summed E-state index contributed by atoms with van der Waals surface area (Å²) in [4.78, 5) is 44.1. The molecule has 0 bridgehead atoms. The lowest BCUT2D eigenvalue weighted by Crippen LogP contribution is -2.56. The van der Waals surface area contributed by atoms with Gasteiger partial charge in [-0.15, -0.1) is 0 Å². The van der Waals surface area contributed by atoms with Crippen LogP contribution in [0.2, 0.25) is 0 Å². The van der Waals surface area contributed by atoms with E-state index in [1.165, 1.54) is 15.9 Å². The molecule has 0 saturated carbocycles. The standard InChI is InChI=1S/C37H49N5O3/c1-37(2,39)23-13-18-34(43)41(3)33(27-29-19-21-31(22-20-29)30-16-9-6-10-17-30)36(45)42(4)32(26-28-14-7-5-8-15-28)35(44)40-25-12-11-24-38/h5-10,13-22,32-33H,11-12,23-27,38-39H2,1-4H3,(H,40,44)/b18-13-/t32-,33-/m0/s1. The van der Waals surface area contributed by atoms with E-state index in [2.05, 4.69) is 5.32 Å². The second-order valence-corrected chi connectivity index (χ2v) is 12.3. The highest BCUT2D eigenvalue weighted by Crippen LogP contribution is 2.21. The fourth-order valence-corrected chi connectivity index (χ4v) is 5.04. The Bertz CT molecular complexity index is 1390. The zero-order valence-corrected chi connectivity index (χ0v) is 27.1. The van der Waals surface area contributed by atoms with E-state index >= 15 is 0 Å². The summed E-state index contributed by atoms with van der Waals surface area (Å²) in [5.74, 6) is -0.863. The summed E-state index contributed by atoms with van der Waals surface area (Å²) in [6, 6.07) is 26.1. The predicted molar refractivity (Wildman–Crippen MR) is 182 cm³/mol. The van der Waals surface area contributed by atoms with E-state index in [9.17, 15) is 14.4 Å². The lowest BCUT2D eigenvalue weighted by Gasteiger charge is -2.34. The normalized spacial score (nSPS) is 12.8. The van der Waals surface area contributed by atoms with Crippen molar-refractivity contribution in [2.45, 2.75) is 63.6 Å². The van der Waals surface area contributed by atoms with Gasteiger partial charge in [0.1, 0.15) is 12.1 Å². The van der Waals surface area contributed by atoms with Gasteiger partial charge in [0.05, 0.1) is 0 Å². The number of benzene rings is 3. The lowest BCUT2D eigenvalue weighted by molar-refractivity contribution is -0.146. The van der Waals surface area contributed by atoms with Gasteiger partial charge in [0.15, 0.2) is 0 Å². The maximum atomic E-state index is 14.3. The Hall–Kier alpha value is -4.27. The Morgan fingerprint density at radius 3 is 1.93 bits per heavy atom. The zero-order valence-electron chi connectivity index (χ0n) is 27.1. The van der Waals surface area contributed by atoms with Crippen molar-refractivity contribution < 1.29 is 14.4 Å². The van der Waals surface area contributed by atoms with Crippen LogP contribution < -0.4 is 16.8 Å².